The summed E-state index contributed by atoms with van der Waals surface area (Å²) in [6, 6.07) is 6.68. The molecule has 0 radical (unpaired) electrons. The molecule has 0 unspecified atom stereocenters. The third-order valence-corrected chi connectivity index (χ3v) is 2.96. The summed E-state index contributed by atoms with van der Waals surface area (Å²) in [7, 11) is 0. The Kier molecular flexibility index (Phi) is 3.77. The third-order valence-electron chi connectivity index (χ3n) is 2.47. The van der Waals surface area contributed by atoms with Crippen LogP contribution in [0.15, 0.2) is 22.7 Å². The summed E-state index contributed by atoms with van der Waals surface area (Å²) in [4.78, 5) is 0. The first-order chi connectivity index (χ1) is 5.77. The maximum absolute atomic E-state index is 5.99. The second kappa shape index (κ2) is 4.45. The summed E-state index contributed by atoms with van der Waals surface area (Å²) in [5.74, 6) is 0. The zero-order chi connectivity index (χ0) is 8.55. The van der Waals surface area contributed by atoms with Gasteiger partial charge in [0.05, 0.1) is 0 Å². The third kappa shape index (κ3) is 2.25. The summed E-state index contributed by atoms with van der Waals surface area (Å²) in [6.45, 7) is 0. The minimum Gasteiger partial charge on any atom is -0.324 e. The van der Waals surface area contributed by atoms with Crippen LogP contribution in [0.2, 0.25) is 0 Å². The van der Waals surface area contributed by atoms with Crippen molar-refractivity contribution in [3.05, 3.63) is 33.8 Å². The van der Waals surface area contributed by atoms with Gasteiger partial charge in [0.2, 0.25) is 0 Å². The van der Waals surface area contributed by atoms with Gasteiger partial charge >= 0.3 is 0 Å². The first kappa shape index (κ1) is 11.0. The van der Waals surface area contributed by atoms with Gasteiger partial charge in [-0.1, -0.05) is 22.0 Å². The summed E-state index contributed by atoms with van der Waals surface area (Å²) in [6.07, 6.45) is 3.55. The summed E-state index contributed by atoms with van der Waals surface area (Å²) in [5.41, 5.74) is 8.75. The number of fused-ring (bicyclic) bond motifs is 1. The van der Waals surface area contributed by atoms with E-state index in [1.165, 1.54) is 24.0 Å². The predicted octanol–water partition coefficient (Wildman–Crippen LogP) is 3.21. The van der Waals surface area contributed by atoms with Gasteiger partial charge in [0.25, 0.3) is 0 Å². The topological polar surface area (TPSA) is 26.0 Å². The van der Waals surface area contributed by atoms with Crippen molar-refractivity contribution in [2.45, 2.75) is 25.3 Å². The van der Waals surface area contributed by atoms with Gasteiger partial charge in [0.1, 0.15) is 0 Å². The van der Waals surface area contributed by atoms with Crippen LogP contribution in [0.5, 0.6) is 0 Å². The number of hydrogen-bond donors (Lipinski definition) is 1. The molecule has 3 heteroatoms. The molecule has 1 aliphatic carbocycles. The lowest BCUT2D eigenvalue weighted by atomic mass is 9.88. The molecule has 0 bridgehead atoms. The standard InChI is InChI=1S/C10H12BrN.ClH/c11-8-5-4-7-2-1-3-10(12)9(7)6-8;/h4-6,10H,1-3,12H2;1H/t10-;/m1./s1. The lowest BCUT2D eigenvalue weighted by Gasteiger charge is -2.22. The van der Waals surface area contributed by atoms with Crippen molar-refractivity contribution in [3.63, 3.8) is 0 Å². The molecule has 72 valence electrons. The van der Waals surface area contributed by atoms with Crippen molar-refractivity contribution in [3.8, 4) is 0 Å². The number of benzene rings is 1. The zero-order valence-electron chi connectivity index (χ0n) is 7.29. The fourth-order valence-electron chi connectivity index (χ4n) is 1.81. The molecule has 0 spiro atoms. The van der Waals surface area contributed by atoms with Gasteiger partial charge in [-0.3, -0.25) is 0 Å². The highest BCUT2D eigenvalue weighted by atomic mass is 79.9. The average Bonchev–Trinajstić information content (AvgIpc) is 2.07. The predicted molar refractivity (Wildman–Crippen MR) is 61.3 cm³/mol. The number of rotatable bonds is 0. The molecule has 0 aromatic heterocycles. The molecule has 1 atom stereocenters. The molecule has 0 aliphatic heterocycles. The highest BCUT2D eigenvalue weighted by Gasteiger charge is 2.15. The van der Waals surface area contributed by atoms with Crippen molar-refractivity contribution in [1.82, 2.24) is 0 Å². The van der Waals surface area contributed by atoms with Crippen LogP contribution in [0.25, 0.3) is 0 Å². The second-order valence-electron chi connectivity index (χ2n) is 3.34. The Morgan fingerprint density at radius 3 is 2.92 bits per heavy atom. The minimum atomic E-state index is 0. The van der Waals surface area contributed by atoms with E-state index in [1.54, 1.807) is 0 Å². The average molecular weight is 263 g/mol. The lowest BCUT2D eigenvalue weighted by Crippen LogP contribution is -2.17. The fourth-order valence-corrected chi connectivity index (χ4v) is 2.19. The second-order valence-corrected chi connectivity index (χ2v) is 4.26. The maximum Gasteiger partial charge on any atom is 0.0298 e. The van der Waals surface area contributed by atoms with Crippen LogP contribution in [-0.2, 0) is 6.42 Å². The van der Waals surface area contributed by atoms with E-state index in [1.807, 2.05) is 0 Å². The zero-order valence-corrected chi connectivity index (χ0v) is 9.70. The highest BCUT2D eigenvalue weighted by molar-refractivity contribution is 9.10. The van der Waals surface area contributed by atoms with Crippen LogP contribution in [0.3, 0.4) is 0 Å². The Labute approximate surface area is 93.2 Å². The molecule has 1 nitrogen and oxygen atoms in total. The Balaban J connectivity index is 0.000000845. The van der Waals surface area contributed by atoms with E-state index in [0.29, 0.717) is 0 Å². The summed E-state index contributed by atoms with van der Waals surface area (Å²) >= 11 is 3.46. The fraction of sp³-hybridized carbons (Fsp3) is 0.400. The van der Waals surface area contributed by atoms with Gasteiger partial charge in [0, 0.05) is 10.5 Å². The van der Waals surface area contributed by atoms with Crippen LogP contribution in [0.1, 0.15) is 30.0 Å². The van der Waals surface area contributed by atoms with Crippen LogP contribution in [0, 0.1) is 0 Å². The van der Waals surface area contributed by atoms with Crippen LogP contribution in [-0.4, -0.2) is 0 Å². The largest absolute Gasteiger partial charge is 0.324 e. The van der Waals surface area contributed by atoms with Gasteiger partial charge in [-0.2, -0.15) is 0 Å². The molecule has 0 saturated heterocycles. The number of halogens is 2. The van der Waals surface area contributed by atoms with E-state index in [4.69, 9.17) is 5.73 Å². The van der Waals surface area contributed by atoms with E-state index in [-0.39, 0.29) is 18.4 Å². The van der Waals surface area contributed by atoms with E-state index >= 15 is 0 Å². The van der Waals surface area contributed by atoms with Crippen molar-refractivity contribution in [1.29, 1.82) is 0 Å². The molecule has 1 aromatic rings. The molecule has 2 N–H and O–H groups in total. The lowest BCUT2D eigenvalue weighted by molar-refractivity contribution is 0.570. The Morgan fingerprint density at radius 2 is 2.15 bits per heavy atom. The van der Waals surface area contributed by atoms with Gasteiger partial charge < -0.3 is 5.73 Å². The Morgan fingerprint density at radius 1 is 1.38 bits per heavy atom. The molecule has 2 rings (SSSR count). The van der Waals surface area contributed by atoms with Crippen LogP contribution < -0.4 is 5.73 Å². The van der Waals surface area contributed by atoms with E-state index in [2.05, 4.69) is 34.1 Å². The van der Waals surface area contributed by atoms with Crippen molar-refractivity contribution >= 4 is 28.3 Å². The maximum atomic E-state index is 5.99. The molecule has 13 heavy (non-hydrogen) atoms. The van der Waals surface area contributed by atoms with Gasteiger partial charge in [0.15, 0.2) is 0 Å². The van der Waals surface area contributed by atoms with Crippen molar-refractivity contribution in [2.24, 2.45) is 5.73 Å². The quantitative estimate of drug-likeness (QED) is 0.763. The summed E-state index contributed by atoms with van der Waals surface area (Å²) < 4.78 is 1.14. The van der Waals surface area contributed by atoms with E-state index < -0.39 is 0 Å². The molecule has 1 aromatic carbocycles. The Hall–Kier alpha value is -0.0500. The molecule has 0 fully saturated rings. The molecule has 0 amide bonds. The SMILES string of the molecule is Cl.N[C@@H]1CCCc2ccc(Br)cc21. The first-order valence-corrected chi connectivity index (χ1v) is 5.10. The van der Waals surface area contributed by atoms with Gasteiger partial charge in [-0.15, -0.1) is 12.4 Å². The van der Waals surface area contributed by atoms with Crippen LogP contribution in [0.4, 0.5) is 0 Å². The molecule has 1 aliphatic rings. The normalized spacial score (nSPS) is 20.3. The van der Waals surface area contributed by atoms with E-state index in [0.717, 1.165) is 10.9 Å². The van der Waals surface area contributed by atoms with E-state index in [9.17, 15) is 0 Å². The highest BCUT2D eigenvalue weighted by Crippen LogP contribution is 2.29. The monoisotopic (exact) mass is 261 g/mol. The number of aryl methyl sites for hydroxylation is 1. The number of nitrogens with two attached hydrogens (primary N) is 1. The van der Waals surface area contributed by atoms with Gasteiger partial charge in [-0.25, -0.2) is 0 Å². The first-order valence-electron chi connectivity index (χ1n) is 4.31. The molecule has 0 saturated carbocycles. The van der Waals surface area contributed by atoms with Crippen LogP contribution >= 0.6 is 28.3 Å². The number of hydrogen-bond acceptors (Lipinski definition) is 1. The summed E-state index contributed by atoms with van der Waals surface area (Å²) in [5, 5.41) is 0. The van der Waals surface area contributed by atoms with Gasteiger partial charge in [-0.05, 0) is 42.5 Å². The molecule has 0 heterocycles. The Bertz CT molecular complexity index is 301. The smallest absolute Gasteiger partial charge is 0.0298 e. The van der Waals surface area contributed by atoms with Crippen molar-refractivity contribution in [2.75, 3.05) is 0 Å². The minimum absolute atomic E-state index is 0. The van der Waals surface area contributed by atoms with Crippen molar-refractivity contribution < 1.29 is 0 Å². The molecular formula is C10H13BrClN. The molecular weight excluding hydrogens is 249 g/mol.